The van der Waals surface area contributed by atoms with E-state index in [1.165, 1.54) is 0 Å². The number of ether oxygens (including phenoxy) is 2. The third kappa shape index (κ3) is 2.84. The van der Waals surface area contributed by atoms with Gasteiger partial charge in [-0.1, -0.05) is 0 Å². The minimum Gasteiger partial charge on any atom is -1.00 e. The van der Waals surface area contributed by atoms with E-state index >= 15 is 0 Å². The molecule has 0 radical (unpaired) electrons. The van der Waals surface area contributed by atoms with Crippen LogP contribution in [-0.2, 0) is 14.3 Å². The van der Waals surface area contributed by atoms with Gasteiger partial charge in [-0.05, 0) is 13.8 Å². The molecular formula is C6H11LiO4. The van der Waals surface area contributed by atoms with Crippen molar-refractivity contribution in [1.82, 2.24) is 0 Å². The molecule has 1 fully saturated rings. The SMILES string of the molecule is CC1(C)OC[C@H](C(=O)O)O1.[H-].[Li+]. The van der Waals surface area contributed by atoms with Crippen LogP contribution in [0.15, 0.2) is 0 Å². The largest absolute Gasteiger partial charge is 1.00 e. The average molecular weight is 154 g/mol. The molecule has 0 aromatic heterocycles. The van der Waals surface area contributed by atoms with Crippen LogP contribution in [-0.4, -0.2) is 29.6 Å². The monoisotopic (exact) mass is 154 g/mol. The van der Waals surface area contributed by atoms with E-state index < -0.39 is 17.9 Å². The van der Waals surface area contributed by atoms with E-state index in [4.69, 9.17) is 14.6 Å². The van der Waals surface area contributed by atoms with E-state index in [9.17, 15) is 4.79 Å². The van der Waals surface area contributed by atoms with Crippen molar-refractivity contribution in [2.45, 2.75) is 25.7 Å². The fourth-order valence-electron chi connectivity index (χ4n) is 0.809. The van der Waals surface area contributed by atoms with Gasteiger partial charge in [-0.25, -0.2) is 4.79 Å². The Hall–Kier alpha value is -0.0126. The summed E-state index contributed by atoms with van der Waals surface area (Å²) >= 11 is 0. The molecule has 0 saturated carbocycles. The fraction of sp³-hybridized carbons (Fsp3) is 0.833. The van der Waals surface area contributed by atoms with Gasteiger partial charge < -0.3 is 16.0 Å². The van der Waals surface area contributed by atoms with Gasteiger partial charge in [0.15, 0.2) is 11.9 Å². The van der Waals surface area contributed by atoms with Crippen molar-refractivity contribution in [1.29, 1.82) is 0 Å². The molecule has 5 heteroatoms. The molecule has 0 aromatic carbocycles. The van der Waals surface area contributed by atoms with Crippen LogP contribution >= 0.6 is 0 Å². The van der Waals surface area contributed by atoms with Crippen LogP contribution in [0.4, 0.5) is 0 Å². The molecular weight excluding hydrogens is 143 g/mol. The van der Waals surface area contributed by atoms with Gasteiger partial charge in [0.05, 0.1) is 6.61 Å². The summed E-state index contributed by atoms with van der Waals surface area (Å²) in [5, 5.41) is 8.44. The maximum Gasteiger partial charge on any atom is 1.00 e. The Morgan fingerprint density at radius 3 is 2.45 bits per heavy atom. The molecule has 1 atom stereocenters. The van der Waals surface area contributed by atoms with Gasteiger partial charge in [0.25, 0.3) is 0 Å². The summed E-state index contributed by atoms with van der Waals surface area (Å²) in [7, 11) is 0. The van der Waals surface area contributed by atoms with Crippen LogP contribution in [0.1, 0.15) is 15.3 Å². The Kier molecular flexibility index (Phi) is 3.59. The summed E-state index contributed by atoms with van der Waals surface area (Å²) in [4.78, 5) is 10.3. The van der Waals surface area contributed by atoms with Crippen molar-refractivity contribution in [2.24, 2.45) is 0 Å². The fourth-order valence-corrected chi connectivity index (χ4v) is 0.809. The second-order valence-electron chi connectivity index (χ2n) is 2.66. The molecule has 1 N–H and O–H groups in total. The van der Waals surface area contributed by atoms with Crippen LogP contribution in [0.2, 0.25) is 0 Å². The molecule has 60 valence electrons. The predicted molar refractivity (Wildman–Crippen MR) is 33.7 cm³/mol. The molecule has 4 nitrogen and oxygen atoms in total. The zero-order valence-electron chi connectivity index (χ0n) is 7.96. The standard InChI is InChI=1S/C6H10O4.Li.H/c1-6(2)9-3-4(10-6)5(7)8;;/h4H,3H2,1-2H3,(H,7,8);;/q;+1;-1/t4-;;/m1../s1. The molecule has 0 spiro atoms. The maximum absolute atomic E-state index is 10.3. The molecule has 0 unspecified atom stereocenters. The summed E-state index contributed by atoms with van der Waals surface area (Å²) in [5.74, 6) is -1.70. The topological polar surface area (TPSA) is 55.8 Å². The first-order valence-electron chi connectivity index (χ1n) is 3.06. The van der Waals surface area contributed by atoms with E-state index in [2.05, 4.69) is 0 Å². The summed E-state index contributed by atoms with van der Waals surface area (Å²) in [6.45, 7) is 3.52. The quantitative estimate of drug-likeness (QED) is 0.419. The van der Waals surface area contributed by atoms with E-state index in [1.54, 1.807) is 13.8 Å². The number of carboxylic acid groups (broad SMARTS) is 1. The molecule has 11 heavy (non-hydrogen) atoms. The molecule has 1 rings (SSSR count). The first kappa shape index (κ1) is 11.0. The van der Waals surface area contributed by atoms with Gasteiger partial charge in [-0.2, -0.15) is 0 Å². The molecule has 0 aromatic rings. The second kappa shape index (κ2) is 3.59. The summed E-state index contributed by atoms with van der Waals surface area (Å²) < 4.78 is 10.00. The smallest absolute Gasteiger partial charge is 1.00 e. The van der Waals surface area contributed by atoms with Crippen LogP contribution in [0.5, 0.6) is 0 Å². The zero-order valence-corrected chi connectivity index (χ0v) is 6.96. The van der Waals surface area contributed by atoms with Crippen LogP contribution in [0, 0.1) is 0 Å². The predicted octanol–water partition coefficient (Wildman–Crippen LogP) is -2.66. The molecule has 1 heterocycles. The van der Waals surface area contributed by atoms with Crippen molar-refractivity contribution < 1.29 is 39.7 Å². The van der Waals surface area contributed by atoms with E-state index in [1.807, 2.05) is 0 Å². The Morgan fingerprint density at radius 2 is 2.27 bits per heavy atom. The van der Waals surface area contributed by atoms with E-state index in [-0.39, 0.29) is 26.9 Å². The first-order valence-corrected chi connectivity index (χ1v) is 3.06. The Labute approximate surface area is 78.5 Å². The van der Waals surface area contributed by atoms with Crippen molar-refractivity contribution in [2.75, 3.05) is 6.61 Å². The number of rotatable bonds is 1. The van der Waals surface area contributed by atoms with Gasteiger partial charge in [0.2, 0.25) is 0 Å². The number of hydrogen-bond donors (Lipinski definition) is 1. The molecule has 1 saturated heterocycles. The Morgan fingerprint density at radius 1 is 1.73 bits per heavy atom. The number of carbonyl (C=O) groups is 1. The molecule has 0 amide bonds. The van der Waals surface area contributed by atoms with Crippen LogP contribution in [0.25, 0.3) is 0 Å². The molecule has 0 bridgehead atoms. The summed E-state index contributed by atoms with van der Waals surface area (Å²) in [6, 6.07) is 0. The van der Waals surface area contributed by atoms with Crippen molar-refractivity contribution in [3.8, 4) is 0 Å². The number of hydrogen-bond acceptors (Lipinski definition) is 3. The third-order valence-electron chi connectivity index (χ3n) is 1.28. The van der Waals surface area contributed by atoms with Crippen molar-refractivity contribution in [3.63, 3.8) is 0 Å². The minimum atomic E-state index is -0.967. The van der Waals surface area contributed by atoms with E-state index in [0.717, 1.165) is 0 Å². The normalized spacial score (nSPS) is 27.6. The minimum absolute atomic E-state index is 0. The van der Waals surface area contributed by atoms with Crippen molar-refractivity contribution in [3.05, 3.63) is 0 Å². The van der Waals surface area contributed by atoms with Gasteiger partial charge in [0.1, 0.15) is 0 Å². The average Bonchev–Trinajstić information content (AvgIpc) is 2.10. The summed E-state index contributed by atoms with van der Waals surface area (Å²) in [5.41, 5.74) is 0. The van der Waals surface area contributed by atoms with Gasteiger partial charge >= 0.3 is 24.8 Å². The number of carboxylic acids is 1. The molecule has 1 aliphatic heterocycles. The van der Waals surface area contributed by atoms with Crippen LogP contribution < -0.4 is 18.9 Å². The van der Waals surface area contributed by atoms with Gasteiger partial charge in [-0.15, -0.1) is 0 Å². The Bertz CT molecular complexity index is 162. The van der Waals surface area contributed by atoms with Gasteiger partial charge in [-0.3, -0.25) is 0 Å². The number of aliphatic carboxylic acids is 1. The van der Waals surface area contributed by atoms with Crippen LogP contribution in [0.3, 0.4) is 0 Å². The first-order chi connectivity index (χ1) is 4.51. The summed E-state index contributed by atoms with van der Waals surface area (Å²) in [6.07, 6.45) is -0.796. The third-order valence-corrected chi connectivity index (χ3v) is 1.28. The van der Waals surface area contributed by atoms with Gasteiger partial charge in [0, 0.05) is 0 Å². The molecule has 0 aliphatic carbocycles. The van der Waals surface area contributed by atoms with Crippen molar-refractivity contribution >= 4 is 5.97 Å². The second-order valence-corrected chi connectivity index (χ2v) is 2.66. The Balaban J connectivity index is 0. The van der Waals surface area contributed by atoms with E-state index in [0.29, 0.717) is 0 Å². The maximum atomic E-state index is 10.3. The zero-order chi connectivity index (χ0) is 7.78. The molecule has 1 aliphatic rings.